The van der Waals surface area contributed by atoms with E-state index >= 15 is 0 Å². The second-order valence-corrected chi connectivity index (χ2v) is 10.4. The number of carbonyl (C=O) groups excluding carboxylic acids is 1. The van der Waals surface area contributed by atoms with Gasteiger partial charge in [0, 0.05) is 12.2 Å². The Balaban J connectivity index is 1.24. The number of carbonyl (C=O) groups is 2. The molecule has 4 rings (SSSR count). The smallest absolute Gasteiger partial charge is 0.326 e. The summed E-state index contributed by atoms with van der Waals surface area (Å²) in [5.41, 5.74) is 2.55. The molecule has 8 heteroatoms. The highest BCUT2D eigenvalue weighted by Gasteiger charge is 2.45. The van der Waals surface area contributed by atoms with E-state index in [0.717, 1.165) is 75.8 Å². The maximum absolute atomic E-state index is 12.7. The van der Waals surface area contributed by atoms with Gasteiger partial charge in [0.15, 0.2) is 0 Å². The molecule has 6 nitrogen and oxygen atoms in total. The summed E-state index contributed by atoms with van der Waals surface area (Å²) in [5.74, 6) is -0.541. The Labute approximate surface area is 210 Å². The van der Waals surface area contributed by atoms with Gasteiger partial charge in [0.2, 0.25) is 0 Å². The Morgan fingerprint density at radius 2 is 1.88 bits per heavy atom. The highest BCUT2D eigenvalue weighted by molar-refractivity contribution is 6.39. The lowest BCUT2D eigenvalue weighted by molar-refractivity contribution is -0.139. The van der Waals surface area contributed by atoms with E-state index in [1.54, 1.807) is 18.2 Å². The van der Waals surface area contributed by atoms with Gasteiger partial charge >= 0.3 is 5.97 Å². The van der Waals surface area contributed by atoms with Crippen LogP contribution in [0.5, 0.6) is 0 Å². The molecule has 182 valence electrons. The van der Waals surface area contributed by atoms with Crippen LogP contribution in [0.25, 0.3) is 0 Å². The number of aromatic nitrogens is 1. The summed E-state index contributed by atoms with van der Waals surface area (Å²) in [4.78, 5) is 29.3. The number of aryl methyl sites for hydroxylation is 2. The molecule has 0 saturated heterocycles. The van der Waals surface area contributed by atoms with E-state index in [1.165, 1.54) is 5.56 Å². The van der Waals surface area contributed by atoms with Crippen molar-refractivity contribution >= 4 is 40.9 Å². The molecule has 2 heterocycles. The van der Waals surface area contributed by atoms with E-state index in [1.807, 2.05) is 0 Å². The van der Waals surface area contributed by atoms with Crippen molar-refractivity contribution in [3.63, 3.8) is 0 Å². The highest BCUT2D eigenvalue weighted by atomic mass is 35.5. The Morgan fingerprint density at radius 1 is 1.12 bits per heavy atom. The molecule has 1 saturated carbocycles. The van der Waals surface area contributed by atoms with Crippen LogP contribution < -0.4 is 10.6 Å². The summed E-state index contributed by atoms with van der Waals surface area (Å²) in [6, 6.07) is 8.15. The number of amides is 1. The SMILES string of the molecule is O=C(NC(CC1(CCCCCc2ccc3c(n2)NCCC3)CC1)C(=O)O)c1c(Cl)cccc1Cl. The minimum atomic E-state index is -1.03. The Bertz CT molecular complexity index is 1040. The van der Waals surface area contributed by atoms with Gasteiger partial charge in [-0.2, -0.15) is 0 Å². The van der Waals surface area contributed by atoms with E-state index in [4.69, 9.17) is 28.2 Å². The van der Waals surface area contributed by atoms with Crippen LogP contribution >= 0.6 is 23.2 Å². The molecule has 0 spiro atoms. The van der Waals surface area contributed by atoms with Crippen molar-refractivity contribution in [1.82, 2.24) is 10.3 Å². The molecule has 2 aliphatic rings. The molecule has 1 aliphatic heterocycles. The van der Waals surface area contributed by atoms with E-state index in [9.17, 15) is 14.7 Å². The second-order valence-electron chi connectivity index (χ2n) is 9.57. The van der Waals surface area contributed by atoms with E-state index in [-0.39, 0.29) is 21.0 Å². The molecule has 1 fully saturated rings. The van der Waals surface area contributed by atoms with Gasteiger partial charge in [-0.25, -0.2) is 9.78 Å². The number of nitrogens with zero attached hydrogens (tertiary/aromatic N) is 1. The molecule has 1 amide bonds. The van der Waals surface area contributed by atoms with Crippen molar-refractivity contribution in [2.45, 2.75) is 70.3 Å². The maximum Gasteiger partial charge on any atom is 0.326 e. The van der Waals surface area contributed by atoms with Crippen molar-refractivity contribution in [3.8, 4) is 0 Å². The number of pyridine rings is 1. The van der Waals surface area contributed by atoms with Crippen molar-refractivity contribution in [2.24, 2.45) is 5.41 Å². The first kappa shape index (κ1) is 24.8. The predicted molar refractivity (Wildman–Crippen MR) is 135 cm³/mol. The standard InChI is InChI=1S/C26H31Cl2N3O3/c27-19-8-4-9-20(28)22(19)24(32)31-21(25(33)34)16-26(13-14-26)12-3-1-2-7-18-11-10-17-6-5-15-29-23(17)30-18/h4,8-11,21H,1-3,5-7,12-16H2,(H,29,30)(H,31,32)(H,33,34). The quantitative estimate of drug-likeness (QED) is 0.332. The van der Waals surface area contributed by atoms with Crippen LogP contribution in [0.4, 0.5) is 5.82 Å². The zero-order valence-electron chi connectivity index (χ0n) is 19.2. The number of halogens is 2. The van der Waals surface area contributed by atoms with Crippen molar-refractivity contribution in [3.05, 3.63) is 57.2 Å². The number of nitrogens with one attached hydrogen (secondary N) is 2. The molecule has 34 heavy (non-hydrogen) atoms. The van der Waals surface area contributed by atoms with Gasteiger partial charge < -0.3 is 15.7 Å². The molecule has 1 atom stereocenters. The molecule has 1 unspecified atom stereocenters. The molecule has 1 aromatic heterocycles. The van der Waals surface area contributed by atoms with Crippen LogP contribution in [0.1, 0.15) is 73.0 Å². The largest absolute Gasteiger partial charge is 0.480 e. The highest BCUT2D eigenvalue weighted by Crippen LogP contribution is 2.53. The van der Waals surface area contributed by atoms with Crippen molar-refractivity contribution < 1.29 is 14.7 Å². The minimum Gasteiger partial charge on any atom is -0.480 e. The fraction of sp³-hybridized carbons (Fsp3) is 0.500. The summed E-state index contributed by atoms with van der Waals surface area (Å²) < 4.78 is 0. The number of carboxylic acids is 1. The predicted octanol–water partition coefficient (Wildman–Crippen LogP) is 5.90. The molecular formula is C26H31Cl2N3O3. The molecular weight excluding hydrogens is 473 g/mol. The third-order valence-electron chi connectivity index (χ3n) is 6.98. The topological polar surface area (TPSA) is 91.3 Å². The average molecular weight is 504 g/mol. The van der Waals surface area contributed by atoms with Crippen LogP contribution in [0.3, 0.4) is 0 Å². The molecule has 1 aromatic carbocycles. The Hall–Kier alpha value is -2.31. The number of unbranched alkanes of at least 4 members (excludes halogenated alkanes) is 2. The number of hydrogen-bond donors (Lipinski definition) is 3. The van der Waals surface area contributed by atoms with Crippen LogP contribution in [0.15, 0.2) is 30.3 Å². The number of benzene rings is 1. The molecule has 0 radical (unpaired) electrons. The summed E-state index contributed by atoms with van der Waals surface area (Å²) >= 11 is 12.2. The minimum absolute atomic E-state index is 0.00535. The van der Waals surface area contributed by atoms with Gasteiger partial charge in [-0.05, 0) is 80.5 Å². The van der Waals surface area contributed by atoms with Gasteiger partial charge in [-0.1, -0.05) is 48.2 Å². The van der Waals surface area contributed by atoms with Gasteiger partial charge in [-0.15, -0.1) is 0 Å². The Morgan fingerprint density at radius 3 is 2.59 bits per heavy atom. The fourth-order valence-corrected chi connectivity index (χ4v) is 5.37. The molecule has 3 N–H and O–H groups in total. The van der Waals surface area contributed by atoms with Crippen LogP contribution in [-0.2, 0) is 17.6 Å². The number of hydrogen-bond acceptors (Lipinski definition) is 4. The zero-order chi connectivity index (χ0) is 24.1. The van der Waals surface area contributed by atoms with Gasteiger partial charge in [0.05, 0.1) is 15.6 Å². The Kier molecular flexibility index (Phi) is 7.99. The van der Waals surface area contributed by atoms with Crippen LogP contribution in [0, 0.1) is 5.41 Å². The number of carboxylic acid groups (broad SMARTS) is 1. The van der Waals surface area contributed by atoms with E-state index in [2.05, 4.69) is 22.8 Å². The van der Waals surface area contributed by atoms with Gasteiger partial charge in [0.25, 0.3) is 5.91 Å². The fourth-order valence-electron chi connectivity index (χ4n) is 4.80. The first-order valence-corrected chi connectivity index (χ1v) is 12.8. The number of fused-ring (bicyclic) bond motifs is 1. The lowest BCUT2D eigenvalue weighted by atomic mass is 9.90. The molecule has 1 aliphatic carbocycles. The van der Waals surface area contributed by atoms with Crippen molar-refractivity contribution in [2.75, 3.05) is 11.9 Å². The summed E-state index contributed by atoms with van der Waals surface area (Å²) in [7, 11) is 0. The average Bonchev–Trinajstić information content (AvgIpc) is 3.57. The summed E-state index contributed by atoms with van der Waals surface area (Å²) in [6.45, 7) is 0.995. The zero-order valence-corrected chi connectivity index (χ0v) is 20.7. The first-order valence-electron chi connectivity index (χ1n) is 12.1. The molecule has 2 aromatic rings. The lowest BCUT2D eigenvalue weighted by Crippen LogP contribution is -2.42. The van der Waals surface area contributed by atoms with Crippen LogP contribution in [-0.4, -0.2) is 34.6 Å². The number of aliphatic carboxylic acids is 1. The third kappa shape index (κ3) is 6.22. The van der Waals surface area contributed by atoms with E-state index in [0.29, 0.717) is 6.42 Å². The maximum atomic E-state index is 12.7. The van der Waals surface area contributed by atoms with Gasteiger partial charge in [0.1, 0.15) is 11.9 Å². The van der Waals surface area contributed by atoms with Crippen molar-refractivity contribution in [1.29, 1.82) is 0 Å². The monoisotopic (exact) mass is 503 g/mol. The third-order valence-corrected chi connectivity index (χ3v) is 7.61. The van der Waals surface area contributed by atoms with Crippen LogP contribution in [0.2, 0.25) is 10.0 Å². The van der Waals surface area contributed by atoms with Gasteiger partial charge in [-0.3, -0.25) is 4.79 Å². The second kappa shape index (κ2) is 11.0. The number of anilines is 1. The summed E-state index contributed by atoms with van der Waals surface area (Å²) in [6.07, 6.45) is 9.78. The lowest BCUT2D eigenvalue weighted by Gasteiger charge is -2.22. The normalized spacial score (nSPS) is 16.8. The van der Waals surface area contributed by atoms with E-state index < -0.39 is 17.9 Å². The summed E-state index contributed by atoms with van der Waals surface area (Å²) in [5, 5.41) is 16.2. The first-order chi connectivity index (χ1) is 16.4. The molecule has 0 bridgehead atoms. The number of rotatable bonds is 11.